The molecule has 4 rings (SSSR count). The van der Waals surface area contributed by atoms with Crippen molar-refractivity contribution in [1.29, 1.82) is 0 Å². The van der Waals surface area contributed by atoms with E-state index in [2.05, 4.69) is 20.6 Å². The molecule has 2 aromatic heterocycles. The smallest absolute Gasteiger partial charge is 0.351 e. The first-order valence-electron chi connectivity index (χ1n) is 9.79. The molecule has 7 nitrogen and oxygen atoms in total. The van der Waals surface area contributed by atoms with Crippen molar-refractivity contribution in [2.45, 2.75) is 12.6 Å². The van der Waals surface area contributed by atoms with Gasteiger partial charge in [-0.3, -0.25) is 4.79 Å². The van der Waals surface area contributed by atoms with Crippen molar-refractivity contribution in [2.24, 2.45) is 7.05 Å². The summed E-state index contributed by atoms with van der Waals surface area (Å²) in [4.78, 5) is 12.6. The Labute approximate surface area is 181 Å². The average Bonchev–Trinajstić information content (AvgIpc) is 3.39. The quantitative estimate of drug-likeness (QED) is 0.497. The molecule has 0 spiro atoms. The highest BCUT2D eigenvalue weighted by molar-refractivity contribution is 5.95. The monoisotopic (exact) mass is 440 g/mol. The van der Waals surface area contributed by atoms with Crippen molar-refractivity contribution >= 4 is 5.91 Å². The fraction of sp³-hybridized carbons (Fsp3) is 0.182. The minimum Gasteiger partial charge on any atom is -0.351 e. The summed E-state index contributed by atoms with van der Waals surface area (Å²) in [5.41, 5.74) is -0.553. The van der Waals surface area contributed by atoms with Crippen LogP contribution in [0.5, 0.6) is 0 Å². The van der Waals surface area contributed by atoms with Crippen LogP contribution >= 0.6 is 0 Å². The lowest BCUT2D eigenvalue weighted by atomic mass is 10.2. The molecule has 1 amide bonds. The summed E-state index contributed by atoms with van der Waals surface area (Å²) in [6.45, 7) is 0.0907. The van der Waals surface area contributed by atoms with Crippen LogP contribution in [0.1, 0.15) is 21.9 Å². The standard InChI is InChI=1S/C22H19F3N6O/c1-30-18(28-29-20(30)15-8-4-2-5-9-15)12-13-26-21(32)17-14-27-31(19(17)22(23,24)25)16-10-6-3-7-11-16/h2-11,14H,12-13H2,1H3,(H,26,32). The van der Waals surface area contributed by atoms with Gasteiger partial charge in [0.1, 0.15) is 5.82 Å². The Morgan fingerprint density at radius 3 is 2.31 bits per heavy atom. The third-order valence-corrected chi connectivity index (χ3v) is 4.91. The fourth-order valence-corrected chi connectivity index (χ4v) is 3.35. The number of carbonyl (C=O) groups excluding carboxylic acids is 1. The summed E-state index contributed by atoms with van der Waals surface area (Å²) >= 11 is 0. The summed E-state index contributed by atoms with van der Waals surface area (Å²) in [6, 6.07) is 17.3. The highest BCUT2D eigenvalue weighted by atomic mass is 19.4. The molecule has 0 aliphatic heterocycles. The molecular formula is C22H19F3N6O. The van der Waals surface area contributed by atoms with Crippen molar-refractivity contribution in [3.8, 4) is 17.1 Å². The number of amides is 1. The maximum Gasteiger partial charge on any atom is 0.434 e. The van der Waals surface area contributed by atoms with Gasteiger partial charge in [0, 0.05) is 25.6 Å². The summed E-state index contributed by atoms with van der Waals surface area (Å²) in [5, 5.41) is 14.6. The van der Waals surface area contributed by atoms with E-state index in [1.165, 1.54) is 12.1 Å². The Bertz CT molecular complexity index is 1220. The predicted molar refractivity (Wildman–Crippen MR) is 111 cm³/mol. The normalized spacial score (nSPS) is 11.5. The van der Waals surface area contributed by atoms with Crippen LogP contribution in [0.3, 0.4) is 0 Å². The number of benzene rings is 2. The lowest BCUT2D eigenvalue weighted by Crippen LogP contribution is -2.28. The van der Waals surface area contributed by atoms with E-state index in [1.54, 1.807) is 29.8 Å². The van der Waals surface area contributed by atoms with E-state index in [0.717, 1.165) is 16.4 Å². The van der Waals surface area contributed by atoms with Crippen molar-refractivity contribution in [3.05, 3.63) is 83.9 Å². The van der Waals surface area contributed by atoms with Gasteiger partial charge in [0.2, 0.25) is 0 Å². The van der Waals surface area contributed by atoms with Gasteiger partial charge in [0.15, 0.2) is 11.5 Å². The minimum absolute atomic E-state index is 0.0907. The number of para-hydroxylation sites is 1. The van der Waals surface area contributed by atoms with Crippen molar-refractivity contribution in [2.75, 3.05) is 6.54 Å². The molecule has 0 fully saturated rings. The molecule has 0 unspecified atom stereocenters. The van der Waals surface area contributed by atoms with Gasteiger partial charge in [-0.15, -0.1) is 10.2 Å². The molecule has 2 aromatic carbocycles. The maximum absolute atomic E-state index is 13.7. The van der Waals surface area contributed by atoms with Crippen LogP contribution in [-0.4, -0.2) is 37.0 Å². The molecular weight excluding hydrogens is 421 g/mol. The van der Waals surface area contributed by atoms with E-state index in [9.17, 15) is 18.0 Å². The number of carbonyl (C=O) groups is 1. The molecule has 0 aliphatic rings. The molecule has 0 radical (unpaired) electrons. The van der Waals surface area contributed by atoms with Gasteiger partial charge >= 0.3 is 6.18 Å². The lowest BCUT2D eigenvalue weighted by molar-refractivity contribution is -0.143. The molecule has 164 valence electrons. The third-order valence-electron chi connectivity index (χ3n) is 4.91. The van der Waals surface area contributed by atoms with Crippen LogP contribution in [0.4, 0.5) is 13.2 Å². The van der Waals surface area contributed by atoms with Gasteiger partial charge in [-0.2, -0.15) is 18.3 Å². The highest BCUT2D eigenvalue weighted by Crippen LogP contribution is 2.33. The Morgan fingerprint density at radius 2 is 1.66 bits per heavy atom. The number of aromatic nitrogens is 5. The summed E-state index contributed by atoms with van der Waals surface area (Å²) in [5.74, 6) is 0.403. The third kappa shape index (κ3) is 4.25. The second-order valence-corrected chi connectivity index (χ2v) is 7.02. The Kier molecular flexibility index (Phi) is 5.76. The topological polar surface area (TPSA) is 77.6 Å². The zero-order valence-electron chi connectivity index (χ0n) is 17.0. The molecule has 1 N–H and O–H groups in total. The van der Waals surface area contributed by atoms with Gasteiger partial charge in [0.05, 0.1) is 17.4 Å². The van der Waals surface area contributed by atoms with Gasteiger partial charge in [-0.25, -0.2) is 4.68 Å². The van der Waals surface area contributed by atoms with E-state index >= 15 is 0 Å². The summed E-state index contributed by atoms with van der Waals surface area (Å²) in [6.07, 6.45) is -3.52. The minimum atomic E-state index is -4.76. The van der Waals surface area contributed by atoms with Gasteiger partial charge in [0.25, 0.3) is 5.91 Å². The van der Waals surface area contributed by atoms with E-state index in [1.807, 2.05) is 30.3 Å². The van der Waals surface area contributed by atoms with Crippen LogP contribution in [0.2, 0.25) is 0 Å². The zero-order chi connectivity index (χ0) is 22.7. The van der Waals surface area contributed by atoms with Crippen molar-refractivity contribution in [1.82, 2.24) is 29.9 Å². The number of alkyl halides is 3. The largest absolute Gasteiger partial charge is 0.434 e. The summed E-state index contributed by atoms with van der Waals surface area (Å²) in [7, 11) is 1.80. The molecule has 0 aliphatic carbocycles. The molecule has 0 bridgehead atoms. The van der Waals surface area contributed by atoms with Crippen LogP contribution in [0.15, 0.2) is 66.9 Å². The van der Waals surface area contributed by atoms with E-state index in [-0.39, 0.29) is 12.2 Å². The number of halogens is 3. The van der Waals surface area contributed by atoms with Crippen LogP contribution in [0.25, 0.3) is 17.1 Å². The molecule has 0 saturated carbocycles. The van der Waals surface area contributed by atoms with Crippen molar-refractivity contribution < 1.29 is 18.0 Å². The van der Waals surface area contributed by atoms with Gasteiger partial charge < -0.3 is 9.88 Å². The first-order chi connectivity index (χ1) is 15.4. The first-order valence-corrected chi connectivity index (χ1v) is 9.79. The van der Waals surface area contributed by atoms with Crippen molar-refractivity contribution in [3.63, 3.8) is 0 Å². The number of hydrogen-bond donors (Lipinski definition) is 1. The SMILES string of the molecule is Cn1c(CCNC(=O)c2cnn(-c3ccccc3)c2C(F)(F)F)nnc1-c1ccccc1. The maximum atomic E-state index is 13.7. The zero-order valence-corrected chi connectivity index (χ0v) is 17.0. The second-order valence-electron chi connectivity index (χ2n) is 7.02. The van der Waals surface area contributed by atoms with Crippen LogP contribution in [0, 0.1) is 0 Å². The number of nitrogens with one attached hydrogen (secondary N) is 1. The molecule has 10 heteroatoms. The Balaban J connectivity index is 1.49. The van der Waals surface area contributed by atoms with E-state index in [0.29, 0.717) is 18.1 Å². The number of hydrogen-bond acceptors (Lipinski definition) is 4. The number of rotatable bonds is 6. The van der Waals surface area contributed by atoms with Crippen LogP contribution < -0.4 is 5.32 Å². The first kappa shape index (κ1) is 21.3. The second kappa shape index (κ2) is 8.66. The molecule has 0 atom stereocenters. The molecule has 4 aromatic rings. The summed E-state index contributed by atoms with van der Waals surface area (Å²) < 4.78 is 43.7. The fourth-order valence-electron chi connectivity index (χ4n) is 3.35. The average molecular weight is 440 g/mol. The van der Waals surface area contributed by atoms with Crippen LogP contribution in [-0.2, 0) is 19.6 Å². The number of nitrogens with zero attached hydrogens (tertiary/aromatic N) is 5. The Hall–Kier alpha value is -3.95. The highest BCUT2D eigenvalue weighted by Gasteiger charge is 2.40. The lowest BCUT2D eigenvalue weighted by Gasteiger charge is -2.13. The van der Waals surface area contributed by atoms with E-state index < -0.39 is 23.3 Å². The molecule has 2 heterocycles. The predicted octanol–water partition coefficient (Wildman–Crippen LogP) is 3.66. The Morgan fingerprint density at radius 1 is 1.00 bits per heavy atom. The molecule has 0 saturated heterocycles. The van der Waals surface area contributed by atoms with Gasteiger partial charge in [-0.05, 0) is 12.1 Å². The van der Waals surface area contributed by atoms with E-state index in [4.69, 9.17) is 0 Å². The molecule has 32 heavy (non-hydrogen) atoms. The van der Waals surface area contributed by atoms with Gasteiger partial charge in [-0.1, -0.05) is 48.5 Å².